The van der Waals surface area contributed by atoms with E-state index in [1.54, 1.807) is 43.6 Å². The summed E-state index contributed by atoms with van der Waals surface area (Å²) < 4.78 is 0. The second-order valence-electron chi connectivity index (χ2n) is 17.6. The normalized spacial score (nSPS) is 14.2. The van der Waals surface area contributed by atoms with Gasteiger partial charge in [0.05, 0.1) is 6.04 Å². The minimum Gasteiger partial charge on any atom is -0.370 e. The average molecular weight is 953 g/mol. The van der Waals surface area contributed by atoms with Crippen LogP contribution >= 0.6 is 0 Å². The number of carbonyl (C=O) groups is 6. The molecule has 368 valence electrons. The van der Waals surface area contributed by atoms with Gasteiger partial charge in [0.15, 0.2) is 5.96 Å². The number of carbonyl (C=O) groups excluding carboxylic acids is 6. The molecule has 70 heavy (non-hydrogen) atoms. The molecule has 6 aromatic rings. The SMILES string of the molecule is CC[C@@H](C)[C@@H](NC(=O)[C@@H](Cc1ccccc1)NC(=O)[C@H](Cc1c[nH]c2ccccc12)NC(=O)[C@@H](N)CCCN=C(N)N)C(=O)N[C@H](Cc1ccccc1)C(=O)N[C@H](Cc1c[nH]c2ccccc12)C(N)=O. The van der Waals surface area contributed by atoms with Crippen LogP contribution < -0.4 is 49.5 Å². The van der Waals surface area contributed by atoms with E-state index in [1.165, 1.54) is 0 Å². The van der Waals surface area contributed by atoms with Crippen molar-refractivity contribution in [2.45, 2.75) is 95.0 Å². The van der Waals surface area contributed by atoms with Crippen molar-refractivity contribution >= 4 is 63.2 Å². The van der Waals surface area contributed by atoms with Crippen molar-refractivity contribution in [1.82, 2.24) is 36.6 Å². The fourth-order valence-electron chi connectivity index (χ4n) is 8.28. The summed E-state index contributed by atoms with van der Waals surface area (Å²) in [5, 5.41) is 16.0. The Morgan fingerprint density at radius 3 is 1.47 bits per heavy atom. The largest absolute Gasteiger partial charge is 0.370 e. The fourth-order valence-corrected chi connectivity index (χ4v) is 8.28. The average Bonchev–Trinajstić information content (AvgIpc) is 3.97. The van der Waals surface area contributed by atoms with Crippen LogP contribution in [0.15, 0.2) is 127 Å². The first-order valence-corrected chi connectivity index (χ1v) is 23.5. The molecule has 0 aliphatic rings. The van der Waals surface area contributed by atoms with Crippen molar-refractivity contribution in [1.29, 1.82) is 0 Å². The number of primary amides is 1. The number of benzene rings is 4. The van der Waals surface area contributed by atoms with E-state index in [0.717, 1.165) is 38.5 Å². The van der Waals surface area contributed by atoms with Crippen molar-refractivity contribution in [3.8, 4) is 0 Å². The van der Waals surface area contributed by atoms with Crippen molar-refractivity contribution in [2.75, 3.05) is 6.54 Å². The number of aromatic amines is 2. The van der Waals surface area contributed by atoms with E-state index in [-0.39, 0.29) is 44.6 Å². The minimum absolute atomic E-state index is 0.0231. The first-order chi connectivity index (χ1) is 33.7. The number of aromatic nitrogens is 2. The lowest BCUT2D eigenvalue weighted by molar-refractivity contribution is -0.135. The van der Waals surface area contributed by atoms with Crippen LogP contribution in [-0.2, 0) is 54.5 Å². The van der Waals surface area contributed by atoms with Gasteiger partial charge in [0, 0.05) is 66.4 Å². The Hall–Kier alpha value is -7.99. The summed E-state index contributed by atoms with van der Waals surface area (Å²) >= 11 is 0. The Bertz CT molecular complexity index is 2750. The summed E-state index contributed by atoms with van der Waals surface area (Å²) in [5.74, 6) is -4.54. The number of nitrogens with zero attached hydrogens (tertiary/aromatic N) is 1. The Morgan fingerprint density at radius 1 is 0.543 bits per heavy atom. The molecule has 0 spiro atoms. The Balaban J connectivity index is 1.24. The van der Waals surface area contributed by atoms with Gasteiger partial charge in [0.25, 0.3) is 0 Å². The van der Waals surface area contributed by atoms with Crippen LogP contribution in [0.2, 0.25) is 0 Å². The van der Waals surface area contributed by atoms with Crippen molar-refractivity contribution < 1.29 is 28.8 Å². The molecule has 4 aromatic carbocycles. The molecule has 0 unspecified atom stereocenters. The standard InChI is InChI=1S/C52H64N12O6/c1-3-31(2)45(51(70)63-42(25-32-15-6-4-7-16-32)48(67)60-41(46(54)65)27-34-29-58-39-22-12-10-19-36(34)39)64-50(69)43(26-33-17-8-5-9-18-33)62-49(68)44(28-35-30-59-40-23-13-11-20-37(35)40)61-47(66)38(53)21-14-24-57-52(55)56/h4-13,15-20,22-23,29-31,38,41-45,58-59H,3,14,21,24-28,53H2,1-2H3,(H2,54,65)(H,60,67)(H,61,66)(H,62,68)(H,63,70)(H,64,69)(H4,55,56,57)/t31-,38+,41-,42-,43-,44+,45-/m1/s1. The van der Waals surface area contributed by atoms with Gasteiger partial charge in [-0.2, -0.15) is 0 Å². The zero-order valence-corrected chi connectivity index (χ0v) is 39.5. The van der Waals surface area contributed by atoms with Crippen LogP contribution in [0, 0.1) is 5.92 Å². The molecular weight excluding hydrogens is 889 g/mol. The number of nitrogens with two attached hydrogens (primary N) is 4. The predicted molar refractivity (Wildman–Crippen MR) is 270 cm³/mol. The molecule has 7 atom stereocenters. The van der Waals surface area contributed by atoms with Gasteiger partial charge in [-0.1, -0.05) is 117 Å². The summed E-state index contributed by atoms with van der Waals surface area (Å²) in [6.07, 6.45) is 4.82. The highest BCUT2D eigenvalue weighted by Gasteiger charge is 2.35. The molecule has 6 amide bonds. The van der Waals surface area contributed by atoms with E-state index in [9.17, 15) is 28.8 Å². The number of amides is 6. The number of rotatable bonds is 25. The van der Waals surface area contributed by atoms with E-state index in [1.807, 2.05) is 91.9 Å². The number of hydrogen-bond acceptors (Lipinski definition) is 8. The molecule has 0 aliphatic heterocycles. The van der Waals surface area contributed by atoms with Gasteiger partial charge in [-0.15, -0.1) is 0 Å². The third-order valence-corrected chi connectivity index (χ3v) is 12.4. The van der Waals surface area contributed by atoms with E-state index in [0.29, 0.717) is 18.4 Å². The highest BCUT2D eigenvalue weighted by molar-refractivity contribution is 5.97. The molecule has 0 saturated carbocycles. The van der Waals surface area contributed by atoms with E-state index in [4.69, 9.17) is 22.9 Å². The zero-order valence-electron chi connectivity index (χ0n) is 39.5. The number of guanidine groups is 1. The number of fused-ring (bicyclic) bond motifs is 2. The summed E-state index contributed by atoms with van der Waals surface area (Å²) in [4.78, 5) is 94.7. The first-order valence-electron chi connectivity index (χ1n) is 23.5. The predicted octanol–water partition coefficient (Wildman–Crippen LogP) is 2.26. The number of hydrogen-bond donors (Lipinski definition) is 11. The molecular formula is C52H64N12O6. The van der Waals surface area contributed by atoms with E-state index < -0.39 is 77.6 Å². The van der Waals surface area contributed by atoms with Gasteiger partial charge < -0.3 is 59.5 Å². The van der Waals surface area contributed by atoms with Crippen LogP contribution in [0.4, 0.5) is 0 Å². The zero-order chi connectivity index (χ0) is 50.2. The van der Waals surface area contributed by atoms with Gasteiger partial charge in [0.1, 0.15) is 30.2 Å². The number of aliphatic imine (C=N–C) groups is 1. The lowest BCUT2D eigenvalue weighted by Gasteiger charge is -2.29. The van der Waals surface area contributed by atoms with Gasteiger partial charge in [-0.3, -0.25) is 33.8 Å². The van der Waals surface area contributed by atoms with Gasteiger partial charge >= 0.3 is 0 Å². The van der Waals surface area contributed by atoms with Gasteiger partial charge in [-0.05, 0) is 53.1 Å². The quantitative estimate of drug-likeness (QED) is 0.0228. The Labute approximate surface area is 406 Å². The van der Waals surface area contributed by atoms with Crippen LogP contribution in [0.25, 0.3) is 21.8 Å². The monoisotopic (exact) mass is 953 g/mol. The molecule has 6 rings (SSSR count). The van der Waals surface area contributed by atoms with Crippen LogP contribution in [0.5, 0.6) is 0 Å². The highest BCUT2D eigenvalue weighted by atomic mass is 16.2. The van der Waals surface area contributed by atoms with E-state index >= 15 is 0 Å². The van der Waals surface area contributed by atoms with Gasteiger partial charge in [0.2, 0.25) is 35.4 Å². The molecule has 0 saturated heterocycles. The molecule has 0 bridgehead atoms. The summed E-state index contributed by atoms with van der Waals surface area (Å²) in [7, 11) is 0. The summed E-state index contributed by atoms with van der Waals surface area (Å²) in [6, 6.07) is 26.3. The molecule has 0 fully saturated rings. The third kappa shape index (κ3) is 14.3. The Morgan fingerprint density at radius 2 is 0.971 bits per heavy atom. The lowest BCUT2D eigenvalue weighted by Crippen LogP contribution is -2.61. The minimum atomic E-state index is -1.24. The van der Waals surface area contributed by atoms with Crippen molar-refractivity contribution in [2.24, 2.45) is 33.8 Å². The molecule has 18 heteroatoms. The van der Waals surface area contributed by atoms with Crippen molar-refractivity contribution in [3.05, 3.63) is 144 Å². The number of H-pyrrole nitrogens is 2. The maximum absolute atomic E-state index is 14.7. The maximum Gasteiger partial charge on any atom is 0.243 e. The van der Waals surface area contributed by atoms with Crippen molar-refractivity contribution in [3.63, 3.8) is 0 Å². The number of nitrogens with one attached hydrogen (secondary N) is 7. The third-order valence-electron chi connectivity index (χ3n) is 12.4. The Kier molecular flexibility index (Phi) is 18.3. The number of para-hydroxylation sites is 2. The maximum atomic E-state index is 14.7. The van der Waals surface area contributed by atoms with Crippen LogP contribution in [-0.4, -0.2) is 94.2 Å². The molecule has 2 heterocycles. The van der Waals surface area contributed by atoms with E-state index in [2.05, 4.69) is 41.5 Å². The molecule has 2 aromatic heterocycles. The van der Waals surface area contributed by atoms with Crippen LogP contribution in [0.3, 0.4) is 0 Å². The smallest absolute Gasteiger partial charge is 0.243 e. The topological polar surface area (TPSA) is 311 Å². The first kappa shape index (κ1) is 51.4. The molecule has 0 aliphatic carbocycles. The molecule has 18 nitrogen and oxygen atoms in total. The molecule has 15 N–H and O–H groups in total. The van der Waals surface area contributed by atoms with Crippen LogP contribution in [0.1, 0.15) is 55.4 Å². The second kappa shape index (κ2) is 24.9. The summed E-state index contributed by atoms with van der Waals surface area (Å²) in [6.45, 7) is 3.91. The second-order valence-corrected chi connectivity index (χ2v) is 17.6. The highest BCUT2D eigenvalue weighted by Crippen LogP contribution is 2.21. The lowest BCUT2D eigenvalue weighted by atomic mass is 9.96. The molecule has 0 radical (unpaired) electrons. The van der Waals surface area contributed by atoms with Gasteiger partial charge in [-0.25, -0.2) is 0 Å². The summed E-state index contributed by atoms with van der Waals surface area (Å²) in [5.41, 5.74) is 27.7. The fraction of sp³-hybridized carbons (Fsp3) is 0.327.